The second kappa shape index (κ2) is 10.6. The van der Waals surface area contributed by atoms with E-state index in [2.05, 4.69) is 14.9 Å². The van der Waals surface area contributed by atoms with Gasteiger partial charge in [0.1, 0.15) is 5.82 Å². The number of amides is 1. The minimum atomic E-state index is -3.74. The predicted octanol–water partition coefficient (Wildman–Crippen LogP) is 5.09. The molecule has 3 aromatic rings. The Balaban J connectivity index is 1.31. The highest BCUT2D eigenvalue weighted by Crippen LogP contribution is 2.24. The Morgan fingerprint density at radius 1 is 0.971 bits per heavy atom. The first kappa shape index (κ1) is 24.9. The number of nitrogens with zero attached hydrogens (tertiary/aromatic N) is 1. The third-order valence-electron chi connectivity index (χ3n) is 6.35. The first-order chi connectivity index (χ1) is 16.7. The summed E-state index contributed by atoms with van der Waals surface area (Å²) in [6.07, 6.45) is 1.47. The number of hydrogen-bond acceptors (Lipinski definition) is 4. The molecule has 184 valence electrons. The van der Waals surface area contributed by atoms with E-state index in [9.17, 15) is 17.6 Å². The monoisotopic (exact) mass is 495 g/mol. The number of aryl methyl sites for hydroxylation is 2. The topological polar surface area (TPSA) is 78.5 Å². The molecule has 6 nitrogen and oxygen atoms in total. The van der Waals surface area contributed by atoms with Gasteiger partial charge in [0, 0.05) is 18.2 Å². The van der Waals surface area contributed by atoms with Crippen LogP contribution in [0.1, 0.15) is 29.5 Å². The third kappa shape index (κ3) is 6.46. The second-order valence-corrected chi connectivity index (χ2v) is 10.8. The van der Waals surface area contributed by atoms with Crippen LogP contribution in [-0.2, 0) is 21.4 Å². The van der Waals surface area contributed by atoms with E-state index in [1.54, 1.807) is 30.3 Å². The van der Waals surface area contributed by atoms with Crippen molar-refractivity contribution in [3.05, 3.63) is 89.2 Å². The van der Waals surface area contributed by atoms with Gasteiger partial charge < -0.3 is 5.32 Å². The van der Waals surface area contributed by atoms with E-state index >= 15 is 0 Å². The van der Waals surface area contributed by atoms with Gasteiger partial charge in [0.05, 0.1) is 10.6 Å². The maximum absolute atomic E-state index is 13.1. The number of hydrogen-bond donors (Lipinski definition) is 2. The molecule has 1 amide bonds. The molecule has 1 saturated heterocycles. The zero-order valence-corrected chi connectivity index (χ0v) is 20.7. The Hall–Kier alpha value is -3.23. The van der Waals surface area contributed by atoms with Crippen molar-refractivity contribution >= 4 is 27.3 Å². The number of sulfonamides is 1. The molecule has 0 radical (unpaired) electrons. The fourth-order valence-corrected chi connectivity index (χ4v) is 5.33. The highest BCUT2D eigenvalue weighted by molar-refractivity contribution is 7.92. The van der Waals surface area contributed by atoms with Gasteiger partial charge in [-0.15, -0.1) is 0 Å². The number of nitrogens with one attached hydrogen (secondary N) is 2. The summed E-state index contributed by atoms with van der Waals surface area (Å²) in [5.74, 6) is -0.406. The summed E-state index contributed by atoms with van der Waals surface area (Å²) in [7, 11) is -3.74. The van der Waals surface area contributed by atoms with Gasteiger partial charge in [-0.1, -0.05) is 24.3 Å². The van der Waals surface area contributed by atoms with Crippen LogP contribution >= 0.6 is 0 Å². The van der Waals surface area contributed by atoms with Crippen molar-refractivity contribution < 1.29 is 17.6 Å². The number of piperidine rings is 1. The van der Waals surface area contributed by atoms with Gasteiger partial charge in [0.25, 0.3) is 10.0 Å². The molecular formula is C27H30FN3O3S. The van der Waals surface area contributed by atoms with Crippen LogP contribution < -0.4 is 10.0 Å². The van der Waals surface area contributed by atoms with E-state index in [4.69, 9.17) is 0 Å². The van der Waals surface area contributed by atoms with Crippen LogP contribution in [0, 0.1) is 25.6 Å². The molecule has 0 aliphatic carbocycles. The van der Waals surface area contributed by atoms with Crippen LogP contribution in [0.2, 0.25) is 0 Å². The molecule has 1 fully saturated rings. The Morgan fingerprint density at radius 2 is 1.63 bits per heavy atom. The maximum Gasteiger partial charge on any atom is 0.261 e. The molecule has 35 heavy (non-hydrogen) atoms. The van der Waals surface area contributed by atoms with E-state index in [1.807, 2.05) is 26.0 Å². The first-order valence-corrected chi connectivity index (χ1v) is 13.2. The van der Waals surface area contributed by atoms with Crippen LogP contribution in [0.4, 0.5) is 15.8 Å². The van der Waals surface area contributed by atoms with Crippen LogP contribution in [0.3, 0.4) is 0 Å². The molecule has 1 aliphatic heterocycles. The van der Waals surface area contributed by atoms with E-state index in [0.717, 1.165) is 49.2 Å². The maximum atomic E-state index is 13.1. The molecule has 1 aliphatic rings. The normalized spacial score (nSPS) is 15.1. The summed E-state index contributed by atoms with van der Waals surface area (Å²) < 4.78 is 41.3. The minimum absolute atomic E-state index is 0.0597. The number of halogens is 1. The number of rotatable bonds is 7. The standard InChI is InChI=1S/C27H30FN3O3S/c1-19-3-4-20(2)26(17-19)30-35(33,34)25-11-9-24(10-12-25)29-27(32)22-13-15-31(16-14-22)18-21-5-7-23(28)8-6-21/h3-12,17,22,30H,13-16,18H2,1-2H3,(H,29,32). The molecule has 2 N–H and O–H groups in total. The molecule has 0 bridgehead atoms. The highest BCUT2D eigenvalue weighted by atomic mass is 32.2. The van der Waals surface area contributed by atoms with E-state index in [-0.39, 0.29) is 22.5 Å². The SMILES string of the molecule is Cc1ccc(C)c(NS(=O)(=O)c2ccc(NC(=O)C3CCN(Cc4ccc(F)cc4)CC3)cc2)c1. The minimum Gasteiger partial charge on any atom is -0.326 e. The quantitative estimate of drug-likeness (QED) is 0.478. The van der Waals surface area contributed by atoms with Gasteiger partial charge in [-0.05, 0) is 98.9 Å². The number of likely N-dealkylation sites (tertiary alicyclic amines) is 1. The predicted molar refractivity (Wildman–Crippen MR) is 136 cm³/mol. The number of carbonyl (C=O) groups is 1. The molecule has 0 atom stereocenters. The van der Waals surface area contributed by atoms with E-state index in [1.165, 1.54) is 24.3 Å². The molecule has 3 aromatic carbocycles. The lowest BCUT2D eigenvalue weighted by atomic mass is 9.95. The van der Waals surface area contributed by atoms with Crippen molar-refractivity contribution in [1.82, 2.24) is 4.90 Å². The number of anilines is 2. The average molecular weight is 496 g/mol. The highest BCUT2D eigenvalue weighted by Gasteiger charge is 2.25. The lowest BCUT2D eigenvalue weighted by molar-refractivity contribution is -0.121. The van der Waals surface area contributed by atoms with Gasteiger partial charge in [-0.3, -0.25) is 14.4 Å². The largest absolute Gasteiger partial charge is 0.326 e. The fraction of sp³-hybridized carbons (Fsp3) is 0.296. The van der Waals surface area contributed by atoms with Gasteiger partial charge >= 0.3 is 0 Å². The van der Waals surface area contributed by atoms with E-state index in [0.29, 0.717) is 11.4 Å². The zero-order valence-electron chi connectivity index (χ0n) is 19.9. The smallest absolute Gasteiger partial charge is 0.261 e. The van der Waals surface area contributed by atoms with Crippen molar-refractivity contribution in [3.63, 3.8) is 0 Å². The molecule has 4 rings (SSSR count). The van der Waals surface area contributed by atoms with Crippen LogP contribution in [0.25, 0.3) is 0 Å². The van der Waals surface area contributed by atoms with Crippen LogP contribution in [-0.4, -0.2) is 32.3 Å². The molecule has 1 heterocycles. The summed E-state index contributed by atoms with van der Waals surface area (Å²) in [5, 5.41) is 2.91. The first-order valence-electron chi connectivity index (χ1n) is 11.7. The summed E-state index contributed by atoms with van der Waals surface area (Å²) in [6, 6.07) is 18.3. The third-order valence-corrected chi connectivity index (χ3v) is 7.73. The fourth-order valence-electron chi connectivity index (χ4n) is 4.21. The second-order valence-electron chi connectivity index (χ2n) is 9.11. The van der Waals surface area contributed by atoms with Gasteiger partial charge in [-0.25, -0.2) is 12.8 Å². The van der Waals surface area contributed by atoms with Crippen molar-refractivity contribution in [2.24, 2.45) is 5.92 Å². The van der Waals surface area contributed by atoms with Gasteiger partial charge in [-0.2, -0.15) is 0 Å². The van der Waals surface area contributed by atoms with Crippen molar-refractivity contribution in [1.29, 1.82) is 0 Å². The molecule has 0 spiro atoms. The summed E-state index contributed by atoms with van der Waals surface area (Å²) in [5.41, 5.74) is 3.97. The Labute approximate surface area is 206 Å². The summed E-state index contributed by atoms with van der Waals surface area (Å²) in [6.45, 7) is 6.07. The molecule has 0 aromatic heterocycles. The van der Waals surface area contributed by atoms with Crippen LogP contribution in [0.5, 0.6) is 0 Å². The van der Waals surface area contributed by atoms with Crippen molar-refractivity contribution in [3.8, 4) is 0 Å². The zero-order chi connectivity index (χ0) is 25.0. The summed E-state index contributed by atoms with van der Waals surface area (Å²) >= 11 is 0. The number of carbonyl (C=O) groups excluding carboxylic acids is 1. The number of benzene rings is 3. The van der Waals surface area contributed by atoms with E-state index < -0.39 is 10.0 Å². The van der Waals surface area contributed by atoms with Crippen molar-refractivity contribution in [2.75, 3.05) is 23.1 Å². The van der Waals surface area contributed by atoms with Gasteiger partial charge in [0.15, 0.2) is 0 Å². The molecule has 0 unspecified atom stereocenters. The summed E-state index contributed by atoms with van der Waals surface area (Å²) in [4.78, 5) is 15.2. The van der Waals surface area contributed by atoms with Gasteiger partial charge in [0.2, 0.25) is 5.91 Å². The van der Waals surface area contributed by atoms with Crippen molar-refractivity contribution in [2.45, 2.75) is 38.1 Å². The lowest BCUT2D eigenvalue weighted by Crippen LogP contribution is -2.37. The lowest BCUT2D eigenvalue weighted by Gasteiger charge is -2.31. The molecule has 8 heteroatoms. The molecular weight excluding hydrogens is 465 g/mol. The van der Waals surface area contributed by atoms with Crippen LogP contribution in [0.15, 0.2) is 71.6 Å². The Bertz CT molecular complexity index is 1280. The Kier molecular flexibility index (Phi) is 7.52. The Morgan fingerprint density at radius 3 is 2.29 bits per heavy atom. The average Bonchev–Trinajstić information content (AvgIpc) is 2.83. The molecule has 0 saturated carbocycles.